The minimum atomic E-state index is -3.33. The molecule has 1 saturated carbocycles. The van der Waals surface area contributed by atoms with Gasteiger partial charge < -0.3 is 14.2 Å². The largest absolute Gasteiger partial charge is 0.508 e. The Kier molecular flexibility index (Phi) is 7.09. The number of hydrogen-bond acceptors (Lipinski definition) is 5. The number of phenols is 1. The first-order valence-electron chi connectivity index (χ1n) is 8.52. The summed E-state index contributed by atoms with van der Waals surface area (Å²) in [6.45, 7) is 4.30. The molecular formula is C17H28NO4P. The summed E-state index contributed by atoms with van der Waals surface area (Å²) in [5.41, 5.74) is 0.818. The maximum atomic E-state index is 13.3. The highest BCUT2D eigenvalue weighted by molar-refractivity contribution is 7.54. The lowest BCUT2D eigenvalue weighted by molar-refractivity contribution is 0.202. The van der Waals surface area contributed by atoms with Crippen molar-refractivity contribution in [3.8, 4) is 5.75 Å². The van der Waals surface area contributed by atoms with E-state index in [1.54, 1.807) is 24.3 Å². The normalized spacial score (nSPS) is 18.0. The van der Waals surface area contributed by atoms with Crippen LogP contribution in [-0.2, 0) is 13.6 Å². The van der Waals surface area contributed by atoms with Crippen LogP contribution in [-0.4, -0.2) is 24.4 Å². The van der Waals surface area contributed by atoms with E-state index in [9.17, 15) is 9.67 Å². The molecule has 0 radical (unpaired) electrons. The Labute approximate surface area is 138 Å². The number of aromatic hydroxyl groups is 1. The highest BCUT2D eigenvalue weighted by Gasteiger charge is 2.38. The van der Waals surface area contributed by atoms with Crippen molar-refractivity contribution in [2.24, 2.45) is 0 Å². The molecule has 1 atom stereocenters. The molecule has 2 N–H and O–H groups in total. The molecule has 0 spiro atoms. The van der Waals surface area contributed by atoms with Crippen molar-refractivity contribution in [1.29, 1.82) is 0 Å². The molecule has 0 heterocycles. The van der Waals surface area contributed by atoms with Crippen LogP contribution in [0.2, 0.25) is 0 Å². The van der Waals surface area contributed by atoms with Gasteiger partial charge in [0, 0.05) is 6.04 Å². The molecule has 0 bridgehead atoms. The number of phenolic OH excluding ortho intramolecular Hbond substituents is 1. The van der Waals surface area contributed by atoms with E-state index < -0.39 is 13.4 Å². The predicted octanol–water partition coefficient (Wildman–Crippen LogP) is 4.58. The maximum absolute atomic E-state index is 13.3. The molecule has 0 aliphatic heterocycles. The number of nitrogens with one attached hydrogen (secondary N) is 1. The molecule has 0 saturated heterocycles. The quantitative estimate of drug-likeness (QED) is 0.678. The van der Waals surface area contributed by atoms with Crippen LogP contribution in [0.4, 0.5) is 0 Å². The molecule has 1 aliphatic rings. The zero-order valence-corrected chi connectivity index (χ0v) is 14.9. The average molecular weight is 341 g/mol. The Bertz CT molecular complexity index is 504. The van der Waals surface area contributed by atoms with E-state index >= 15 is 0 Å². The molecule has 1 aromatic carbocycles. The smallest absolute Gasteiger partial charge is 0.351 e. The summed E-state index contributed by atoms with van der Waals surface area (Å²) in [6.07, 6.45) is 5.79. The van der Waals surface area contributed by atoms with Crippen LogP contribution < -0.4 is 5.32 Å². The van der Waals surface area contributed by atoms with E-state index in [0.717, 1.165) is 18.4 Å². The standard InChI is InChI=1S/C17H28NO4P/c1-3-21-23(20,22-4-2)17(14-10-12-16(19)13-11-14)18-15-8-6-5-7-9-15/h10-13,15,17-19H,3-9H2,1-2H3. The minimum Gasteiger partial charge on any atom is -0.508 e. The molecule has 1 aliphatic carbocycles. The molecule has 23 heavy (non-hydrogen) atoms. The zero-order chi connectivity index (χ0) is 16.7. The van der Waals surface area contributed by atoms with Gasteiger partial charge in [-0.1, -0.05) is 31.4 Å². The molecule has 5 nitrogen and oxygen atoms in total. The third kappa shape index (κ3) is 5.05. The van der Waals surface area contributed by atoms with Gasteiger partial charge in [-0.2, -0.15) is 0 Å². The second-order valence-corrected chi connectivity index (χ2v) is 7.98. The van der Waals surface area contributed by atoms with Crippen molar-refractivity contribution in [3.05, 3.63) is 29.8 Å². The molecule has 0 amide bonds. The third-order valence-electron chi connectivity index (χ3n) is 4.14. The van der Waals surface area contributed by atoms with E-state index in [-0.39, 0.29) is 5.75 Å². The Morgan fingerprint density at radius 3 is 2.22 bits per heavy atom. The molecule has 0 aromatic heterocycles. The molecule has 1 aromatic rings. The SMILES string of the molecule is CCOP(=O)(OCC)C(NC1CCCCC1)c1ccc(O)cc1. The Balaban J connectivity index is 2.28. The van der Waals surface area contributed by atoms with Gasteiger partial charge in [0.15, 0.2) is 0 Å². The van der Waals surface area contributed by atoms with Crippen molar-refractivity contribution < 1.29 is 18.7 Å². The predicted molar refractivity (Wildman–Crippen MR) is 91.7 cm³/mol. The van der Waals surface area contributed by atoms with Crippen LogP contribution in [0.1, 0.15) is 57.3 Å². The average Bonchev–Trinajstić information content (AvgIpc) is 2.55. The topological polar surface area (TPSA) is 67.8 Å². The molecule has 130 valence electrons. The van der Waals surface area contributed by atoms with Crippen LogP contribution >= 0.6 is 7.60 Å². The highest BCUT2D eigenvalue weighted by Crippen LogP contribution is 2.60. The number of hydrogen-bond donors (Lipinski definition) is 2. The van der Waals surface area contributed by atoms with Gasteiger partial charge >= 0.3 is 7.60 Å². The lowest BCUT2D eigenvalue weighted by atomic mass is 9.95. The van der Waals surface area contributed by atoms with Gasteiger partial charge in [-0.3, -0.25) is 9.88 Å². The van der Waals surface area contributed by atoms with Crippen LogP contribution in [0.15, 0.2) is 24.3 Å². The van der Waals surface area contributed by atoms with Crippen molar-refractivity contribution in [1.82, 2.24) is 5.32 Å². The Hall–Kier alpha value is -0.870. The number of rotatable bonds is 8. The summed E-state index contributed by atoms with van der Waals surface area (Å²) in [7, 11) is -3.33. The van der Waals surface area contributed by atoms with Crippen molar-refractivity contribution in [3.63, 3.8) is 0 Å². The summed E-state index contributed by atoms with van der Waals surface area (Å²) in [4.78, 5) is 0. The van der Waals surface area contributed by atoms with E-state index in [1.165, 1.54) is 19.3 Å². The zero-order valence-electron chi connectivity index (χ0n) is 14.0. The third-order valence-corrected chi connectivity index (χ3v) is 6.46. The lowest BCUT2D eigenvalue weighted by Crippen LogP contribution is -2.35. The van der Waals surface area contributed by atoms with Gasteiger partial charge in [0.05, 0.1) is 13.2 Å². The van der Waals surface area contributed by atoms with Gasteiger partial charge in [0.2, 0.25) is 0 Å². The molecular weight excluding hydrogens is 313 g/mol. The summed E-state index contributed by atoms with van der Waals surface area (Å²) in [6, 6.07) is 7.08. The maximum Gasteiger partial charge on any atom is 0.351 e. The fourth-order valence-electron chi connectivity index (χ4n) is 3.07. The second-order valence-electron chi connectivity index (χ2n) is 5.87. The van der Waals surface area contributed by atoms with Gasteiger partial charge in [0.25, 0.3) is 0 Å². The fraction of sp³-hybridized carbons (Fsp3) is 0.647. The van der Waals surface area contributed by atoms with E-state index in [2.05, 4.69) is 5.32 Å². The van der Waals surface area contributed by atoms with E-state index in [1.807, 2.05) is 13.8 Å². The molecule has 1 unspecified atom stereocenters. The van der Waals surface area contributed by atoms with Gasteiger partial charge in [-0.05, 0) is 44.4 Å². The highest BCUT2D eigenvalue weighted by atomic mass is 31.2. The summed E-state index contributed by atoms with van der Waals surface area (Å²) >= 11 is 0. The first-order valence-corrected chi connectivity index (χ1v) is 10.1. The van der Waals surface area contributed by atoms with Gasteiger partial charge in [-0.15, -0.1) is 0 Å². The molecule has 2 rings (SSSR count). The van der Waals surface area contributed by atoms with Crippen molar-refractivity contribution in [2.45, 2.75) is 57.8 Å². The fourth-order valence-corrected chi connectivity index (χ4v) is 5.09. The van der Waals surface area contributed by atoms with Crippen LogP contribution in [0.25, 0.3) is 0 Å². The summed E-state index contributed by atoms with van der Waals surface area (Å²) in [5, 5.41) is 13.0. The molecule has 6 heteroatoms. The van der Waals surface area contributed by atoms with E-state index in [4.69, 9.17) is 9.05 Å². The van der Waals surface area contributed by atoms with Crippen LogP contribution in [0.3, 0.4) is 0 Å². The molecule has 1 fully saturated rings. The number of benzene rings is 1. The summed E-state index contributed by atoms with van der Waals surface area (Å²) < 4.78 is 24.4. The summed E-state index contributed by atoms with van der Waals surface area (Å²) in [5.74, 6) is -0.320. The van der Waals surface area contributed by atoms with Crippen LogP contribution in [0.5, 0.6) is 5.75 Å². The monoisotopic (exact) mass is 341 g/mol. The minimum absolute atomic E-state index is 0.188. The van der Waals surface area contributed by atoms with Crippen LogP contribution in [0, 0.1) is 0 Å². The van der Waals surface area contributed by atoms with E-state index in [0.29, 0.717) is 19.3 Å². The Morgan fingerprint density at radius 2 is 1.70 bits per heavy atom. The van der Waals surface area contributed by atoms with Gasteiger partial charge in [-0.25, -0.2) is 0 Å². The Morgan fingerprint density at radius 1 is 1.13 bits per heavy atom. The second kappa shape index (κ2) is 8.84. The van der Waals surface area contributed by atoms with Crippen molar-refractivity contribution in [2.75, 3.05) is 13.2 Å². The van der Waals surface area contributed by atoms with Gasteiger partial charge in [0.1, 0.15) is 11.5 Å². The van der Waals surface area contributed by atoms with Crippen molar-refractivity contribution >= 4 is 7.60 Å². The first kappa shape index (κ1) is 18.5. The lowest BCUT2D eigenvalue weighted by Gasteiger charge is -2.32. The first-order chi connectivity index (χ1) is 11.1.